The van der Waals surface area contributed by atoms with Crippen LogP contribution in [0.25, 0.3) is 0 Å². The molecule has 0 spiro atoms. The maximum Gasteiger partial charge on any atom is 0.230 e. The number of amides is 1. The number of hydrogen-bond donors (Lipinski definition) is 2. The van der Waals surface area contributed by atoms with E-state index in [0.717, 1.165) is 11.3 Å². The molecule has 2 aromatic heterocycles. The quantitative estimate of drug-likeness (QED) is 0.817. The van der Waals surface area contributed by atoms with Gasteiger partial charge in [0, 0.05) is 18.1 Å². The highest BCUT2D eigenvalue weighted by Crippen LogP contribution is 2.19. The molecule has 5 nitrogen and oxygen atoms in total. The number of nitrogens with zero attached hydrogens (tertiary/aromatic N) is 1. The summed E-state index contributed by atoms with van der Waals surface area (Å²) in [4.78, 5) is 15.8. The number of pyridine rings is 1. The van der Waals surface area contributed by atoms with Gasteiger partial charge in [0.25, 0.3) is 0 Å². The second kappa shape index (κ2) is 7.28. The summed E-state index contributed by atoms with van der Waals surface area (Å²) in [5.74, 6) is 1.39. The lowest BCUT2D eigenvalue weighted by molar-refractivity contribution is -0.119. The molecule has 0 bridgehead atoms. The van der Waals surface area contributed by atoms with Crippen molar-refractivity contribution in [2.45, 2.75) is 18.3 Å². The van der Waals surface area contributed by atoms with E-state index < -0.39 is 5.60 Å². The fraction of sp³-hybridized carbons (Fsp3) is 0.333. The molecule has 6 heteroatoms. The van der Waals surface area contributed by atoms with Crippen LogP contribution in [0.5, 0.6) is 0 Å². The van der Waals surface area contributed by atoms with Crippen LogP contribution in [0.1, 0.15) is 18.2 Å². The number of carbonyl (C=O) groups is 1. The first kappa shape index (κ1) is 15.6. The third-order valence-corrected chi connectivity index (χ3v) is 3.91. The van der Waals surface area contributed by atoms with E-state index in [0.29, 0.717) is 11.5 Å². The Labute approximate surface area is 127 Å². The standard InChI is InChI=1S/C15H18N2O3S/c1-15(19,13-5-3-7-20-13)11-17-14(18)10-21-9-12-4-2-6-16-8-12/h2-8,19H,9-11H2,1H3,(H,17,18). The first-order chi connectivity index (χ1) is 10.1. The molecule has 0 saturated carbocycles. The fourth-order valence-electron chi connectivity index (χ4n) is 1.74. The van der Waals surface area contributed by atoms with Crippen molar-refractivity contribution in [1.82, 2.24) is 10.3 Å². The van der Waals surface area contributed by atoms with Crippen LogP contribution in [0.4, 0.5) is 0 Å². The number of hydrogen-bond acceptors (Lipinski definition) is 5. The second-order valence-corrected chi connectivity index (χ2v) is 5.87. The summed E-state index contributed by atoms with van der Waals surface area (Å²) in [6, 6.07) is 7.23. The molecule has 2 heterocycles. The highest BCUT2D eigenvalue weighted by Gasteiger charge is 2.26. The van der Waals surface area contributed by atoms with Gasteiger partial charge in [-0.1, -0.05) is 6.07 Å². The topological polar surface area (TPSA) is 75.4 Å². The molecule has 0 aliphatic carbocycles. The number of thioether (sulfide) groups is 1. The van der Waals surface area contributed by atoms with E-state index in [1.54, 1.807) is 31.5 Å². The van der Waals surface area contributed by atoms with Crippen LogP contribution < -0.4 is 5.32 Å². The molecule has 1 unspecified atom stereocenters. The fourth-order valence-corrected chi connectivity index (χ4v) is 2.53. The van der Waals surface area contributed by atoms with Gasteiger partial charge in [-0.3, -0.25) is 9.78 Å². The molecule has 2 N–H and O–H groups in total. The zero-order valence-corrected chi connectivity index (χ0v) is 12.6. The second-order valence-electron chi connectivity index (χ2n) is 4.88. The zero-order chi connectivity index (χ0) is 15.1. The smallest absolute Gasteiger partial charge is 0.230 e. The van der Waals surface area contributed by atoms with Crippen molar-refractivity contribution in [3.8, 4) is 0 Å². The maximum atomic E-state index is 11.8. The van der Waals surface area contributed by atoms with Crippen molar-refractivity contribution in [2.75, 3.05) is 12.3 Å². The van der Waals surface area contributed by atoms with Gasteiger partial charge < -0.3 is 14.8 Å². The normalized spacial score (nSPS) is 13.6. The van der Waals surface area contributed by atoms with Crippen molar-refractivity contribution >= 4 is 17.7 Å². The van der Waals surface area contributed by atoms with Crippen LogP contribution in [0, 0.1) is 0 Å². The van der Waals surface area contributed by atoms with Gasteiger partial charge in [0.2, 0.25) is 5.91 Å². The molecule has 2 rings (SSSR count). The number of furan rings is 1. The molecule has 21 heavy (non-hydrogen) atoms. The van der Waals surface area contributed by atoms with Gasteiger partial charge in [0.1, 0.15) is 11.4 Å². The lowest BCUT2D eigenvalue weighted by atomic mass is 10.0. The van der Waals surface area contributed by atoms with Crippen molar-refractivity contribution in [1.29, 1.82) is 0 Å². The minimum atomic E-state index is -1.20. The molecule has 1 atom stereocenters. The summed E-state index contributed by atoms with van der Waals surface area (Å²) in [6.45, 7) is 1.72. The third-order valence-electron chi connectivity index (χ3n) is 2.91. The van der Waals surface area contributed by atoms with E-state index in [-0.39, 0.29) is 12.5 Å². The number of aliphatic hydroxyl groups is 1. The predicted molar refractivity (Wildman–Crippen MR) is 81.7 cm³/mol. The van der Waals surface area contributed by atoms with E-state index in [1.807, 2.05) is 12.1 Å². The van der Waals surface area contributed by atoms with E-state index in [9.17, 15) is 9.90 Å². The van der Waals surface area contributed by atoms with Crippen molar-refractivity contribution in [2.24, 2.45) is 0 Å². The van der Waals surface area contributed by atoms with E-state index in [2.05, 4.69) is 10.3 Å². The van der Waals surface area contributed by atoms with Crippen molar-refractivity contribution in [3.05, 3.63) is 54.2 Å². The van der Waals surface area contributed by atoms with E-state index >= 15 is 0 Å². The summed E-state index contributed by atoms with van der Waals surface area (Å²) in [5, 5.41) is 12.9. The largest absolute Gasteiger partial charge is 0.466 e. The van der Waals surface area contributed by atoms with Gasteiger partial charge in [-0.05, 0) is 30.7 Å². The Balaban J connectivity index is 1.70. The summed E-state index contributed by atoms with van der Waals surface area (Å²) in [6.07, 6.45) is 5.00. The van der Waals surface area contributed by atoms with Gasteiger partial charge >= 0.3 is 0 Å². The average molecular weight is 306 g/mol. The number of rotatable bonds is 7. The van der Waals surface area contributed by atoms with Gasteiger partial charge in [-0.25, -0.2) is 0 Å². The number of carbonyl (C=O) groups excluding carboxylic acids is 1. The Bertz CT molecular complexity index is 556. The summed E-state index contributed by atoms with van der Waals surface area (Å²) < 4.78 is 5.16. The van der Waals surface area contributed by atoms with Crippen molar-refractivity contribution < 1.29 is 14.3 Å². The monoisotopic (exact) mass is 306 g/mol. The molecule has 112 valence electrons. The summed E-state index contributed by atoms with van der Waals surface area (Å²) >= 11 is 1.51. The first-order valence-electron chi connectivity index (χ1n) is 6.57. The molecule has 2 aromatic rings. The molecule has 0 aromatic carbocycles. The Morgan fingerprint density at radius 2 is 2.33 bits per heavy atom. The van der Waals surface area contributed by atoms with Crippen LogP contribution in [-0.4, -0.2) is 28.3 Å². The number of nitrogens with one attached hydrogen (secondary N) is 1. The van der Waals surface area contributed by atoms with E-state index in [4.69, 9.17) is 4.42 Å². The molecule has 0 aliphatic heterocycles. The Morgan fingerprint density at radius 3 is 3.00 bits per heavy atom. The van der Waals surface area contributed by atoms with E-state index in [1.165, 1.54) is 18.0 Å². The van der Waals surface area contributed by atoms with Crippen LogP contribution >= 0.6 is 11.8 Å². The van der Waals surface area contributed by atoms with Crippen LogP contribution in [-0.2, 0) is 16.1 Å². The van der Waals surface area contributed by atoms with Crippen LogP contribution in [0.15, 0.2) is 47.3 Å². The van der Waals surface area contributed by atoms with Gasteiger partial charge in [-0.15, -0.1) is 11.8 Å². The summed E-state index contributed by atoms with van der Waals surface area (Å²) in [7, 11) is 0. The minimum absolute atomic E-state index is 0.115. The Hall–Kier alpha value is -1.79. The highest BCUT2D eigenvalue weighted by molar-refractivity contribution is 7.99. The maximum absolute atomic E-state index is 11.8. The lowest BCUT2D eigenvalue weighted by Crippen LogP contribution is -2.39. The molecule has 0 aliphatic rings. The molecule has 0 saturated heterocycles. The van der Waals surface area contributed by atoms with Crippen molar-refractivity contribution in [3.63, 3.8) is 0 Å². The Morgan fingerprint density at radius 1 is 1.48 bits per heavy atom. The lowest BCUT2D eigenvalue weighted by Gasteiger charge is -2.21. The molecular formula is C15H18N2O3S. The van der Waals surface area contributed by atoms with Gasteiger partial charge in [0.15, 0.2) is 0 Å². The molecule has 0 fully saturated rings. The Kier molecular flexibility index (Phi) is 5.41. The molecule has 1 amide bonds. The minimum Gasteiger partial charge on any atom is -0.466 e. The third kappa shape index (κ3) is 4.91. The average Bonchev–Trinajstić information content (AvgIpc) is 3.01. The first-order valence-corrected chi connectivity index (χ1v) is 7.73. The SMILES string of the molecule is CC(O)(CNC(=O)CSCc1cccnc1)c1ccco1. The van der Waals surface area contributed by atoms with Gasteiger partial charge in [-0.2, -0.15) is 0 Å². The molecular weight excluding hydrogens is 288 g/mol. The summed E-state index contributed by atoms with van der Waals surface area (Å²) in [5.41, 5.74) is -0.120. The number of aromatic nitrogens is 1. The highest BCUT2D eigenvalue weighted by atomic mass is 32.2. The van der Waals surface area contributed by atoms with Gasteiger partial charge in [0.05, 0.1) is 18.6 Å². The van der Waals surface area contributed by atoms with Crippen LogP contribution in [0.2, 0.25) is 0 Å². The zero-order valence-electron chi connectivity index (χ0n) is 11.8. The van der Waals surface area contributed by atoms with Crippen LogP contribution in [0.3, 0.4) is 0 Å². The predicted octanol–water partition coefficient (Wildman–Crippen LogP) is 1.93. The molecule has 0 radical (unpaired) electrons.